The topological polar surface area (TPSA) is 20.2 Å². The summed E-state index contributed by atoms with van der Waals surface area (Å²) in [5, 5.41) is 9.61. The van der Waals surface area contributed by atoms with E-state index in [1.807, 2.05) is 18.2 Å². The van der Waals surface area contributed by atoms with Gasteiger partial charge < -0.3 is 7.96 Å². The van der Waals surface area contributed by atoms with Crippen LogP contribution in [0.15, 0.2) is 24.3 Å². The summed E-state index contributed by atoms with van der Waals surface area (Å²) in [6.07, 6.45) is 11.7. The summed E-state index contributed by atoms with van der Waals surface area (Å²) in [6, 6.07) is 7.68. The van der Waals surface area contributed by atoms with E-state index in [1.54, 1.807) is 6.07 Å². The molecule has 1 N–H and O–H groups in total. The maximum absolute atomic E-state index is 9.61. The van der Waals surface area contributed by atoms with Crippen LogP contribution < -0.4 is 0 Å². The summed E-state index contributed by atoms with van der Waals surface area (Å²) in [6.45, 7) is 2.26. The van der Waals surface area contributed by atoms with Gasteiger partial charge in [0.05, 0.1) is 0 Å². The maximum Gasteiger partial charge on any atom is 2.00 e. The van der Waals surface area contributed by atoms with E-state index in [9.17, 15) is 5.11 Å². The van der Waals surface area contributed by atoms with E-state index in [1.165, 1.54) is 51.4 Å². The van der Waals surface area contributed by atoms with Crippen LogP contribution in [0.2, 0.25) is 0 Å². The third kappa shape index (κ3) is 8.39. The van der Waals surface area contributed by atoms with Crippen LogP contribution in [0.1, 0.15) is 66.7 Å². The molecule has 0 fully saturated rings. The Morgan fingerprint density at radius 1 is 0.889 bits per heavy atom. The van der Waals surface area contributed by atoms with Gasteiger partial charge in [-0.2, -0.15) is 0 Å². The average Bonchev–Trinajstić information content (AvgIpc) is 2.35. The Balaban J connectivity index is -0.000000963. The zero-order chi connectivity index (χ0) is 12.3. The van der Waals surface area contributed by atoms with E-state index >= 15 is 0 Å². The predicted octanol–water partition coefficient (Wildman–Crippen LogP) is 4.92. The van der Waals surface area contributed by atoms with E-state index in [0.29, 0.717) is 5.75 Å². The first-order chi connectivity index (χ1) is 8.34. The Morgan fingerprint density at radius 3 is 2.06 bits per heavy atom. The van der Waals surface area contributed by atoms with Gasteiger partial charge in [-0.3, -0.25) is 0 Å². The zero-order valence-corrected chi connectivity index (χ0v) is 14.0. The Kier molecular flexibility index (Phi) is 12.5. The van der Waals surface area contributed by atoms with Gasteiger partial charge in [-0.1, -0.05) is 70.1 Å². The fourth-order valence-corrected chi connectivity index (χ4v) is 2.17. The van der Waals surface area contributed by atoms with Crippen molar-refractivity contribution < 1.29 is 7.96 Å². The number of phenolic OH excluding ortho intramolecular Hbond substituents is 1. The standard InChI is InChI=1S/C16H26O.Ca.2H/c1-2-3-4-5-6-7-8-9-12-15-13-10-11-14-16(15)17;;;/h10-11,13-14,17H,2-9,12H2,1H3;;;/q;+2;2*-1. The van der Waals surface area contributed by atoms with Crippen LogP contribution in [0.5, 0.6) is 5.75 Å². The Hall–Kier alpha value is 0.280. The minimum absolute atomic E-state index is 0. The van der Waals surface area contributed by atoms with Crippen LogP contribution in [0.25, 0.3) is 0 Å². The first-order valence-corrected chi connectivity index (χ1v) is 7.11. The molecule has 0 saturated carbocycles. The minimum Gasteiger partial charge on any atom is -1.00 e. The molecule has 0 amide bonds. The van der Waals surface area contributed by atoms with Gasteiger partial charge in [0.15, 0.2) is 0 Å². The quantitative estimate of drug-likeness (QED) is 0.501. The average molecular weight is 276 g/mol. The molecule has 1 aromatic rings. The molecular formula is C16H28CaO. The molecule has 0 aromatic heterocycles. The second kappa shape index (κ2) is 12.3. The van der Waals surface area contributed by atoms with E-state index < -0.39 is 0 Å². The van der Waals surface area contributed by atoms with Gasteiger partial charge in [-0.05, 0) is 24.5 Å². The monoisotopic (exact) mass is 276 g/mol. The number of rotatable bonds is 9. The van der Waals surface area contributed by atoms with Crippen molar-refractivity contribution in [3.05, 3.63) is 29.8 Å². The molecule has 0 atom stereocenters. The second-order valence-corrected chi connectivity index (χ2v) is 4.85. The largest absolute Gasteiger partial charge is 2.00 e. The van der Waals surface area contributed by atoms with E-state index in [4.69, 9.17) is 0 Å². The minimum atomic E-state index is 0. The smallest absolute Gasteiger partial charge is 1.00 e. The van der Waals surface area contributed by atoms with Gasteiger partial charge in [0.1, 0.15) is 5.75 Å². The zero-order valence-electron chi connectivity index (χ0n) is 13.8. The van der Waals surface area contributed by atoms with E-state index in [2.05, 4.69) is 6.92 Å². The molecule has 0 unspecified atom stereocenters. The number of phenols is 1. The fourth-order valence-electron chi connectivity index (χ4n) is 2.17. The number of para-hydroxylation sites is 1. The van der Waals surface area contributed by atoms with Gasteiger partial charge >= 0.3 is 37.7 Å². The summed E-state index contributed by atoms with van der Waals surface area (Å²) in [5.74, 6) is 0.454. The molecule has 18 heavy (non-hydrogen) atoms. The Morgan fingerprint density at radius 2 is 1.44 bits per heavy atom. The van der Waals surface area contributed by atoms with E-state index in [-0.39, 0.29) is 40.6 Å². The van der Waals surface area contributed by atoms with Gasteiger partial charge in [0.25, 0.3) is 0 Å². The molecule has 0 aliphatic rings. The van der Waals surface area contributed by atoms with Crippen molar-refractivity contribution in [2.75, 3.05) is 0 Å². The summed E-state index contributed by atoms with van der Waals surface area (Å²) < 4.78 is 0. The van der Waals surface area contributed by atoms with Crippen molar-refractivity contribution in [3.8, 4) is 5.75 Å². The number of aromatic hydroxyl groups is 1. The van der Waals surface area contributed by atoms with Crippen LogP contribution >= 0.6 is 0 Å². The van der Waals surface area contributed by atoms with Crippen molar-refractivity contribution in [1.29, 1.82) is 0 Å². The molecule has 0 saturated heterocycles. The third-order valence-electron chi connectivity index (χ3n) is 3.29. The summed E-state index contributed by atoms with van der Waals surface area (Å²) in [7, 11) is 0. The number of hydrogen-bond acceptors (Lipinski definition) is 1. The molecule has 0 bridgehead atoms. The third-order valence-corrected chi connectivity index (χ3v) is 3.29. The molecule has 2 heteroatoms. The van der Waals surface area contributed by atoms with Crippen molar-refractivity contribution in [3.63, 3.8) is 0 Å². The summed E-state index contributed by atoms with van der Waals surface area (Å²) >= 11 is 0. The normalized spacial score (nSPS) is 10.1. The molecule has 1 rings (SSSR count). The van der Waals surface area contributed by atoms with Gasteiger partial charge in [-0.15, -0.1) is 0 Å². The molecular weight excluding hydrogens is 248 g/mol. The molecule has 0 radical (unpaired) electrons. The van der Waals surface area contributed by atoms with Crippen LogP contribution in [-0.2, 0) is 6.42 Å². The SMILES string of the molecule is CCCCCCCCCCc1ccccc1O.[Ca+2].[H-].[H-]. The Bertz CT molecular complexity index is 308. The first kappa shape index (κ1) is 18.3. The number of hydrogen-bond donors (Lipinski definition) is 1. The van der Waals surface area contributed by atoms with Crippen LogP contribution in [0.3, 0.4) is 0 Å². The first-order valence-electron chi connectivity index (χ1n) is 7.11. The van der Waals surface area contributed by atoms with Crippen molar-refractivity contribution in [2.24, 2.45) is 0 Å². The van der Waals surface area contributed by atoms with Gasteiger partial charge in [0.2, 0.25) is 0 Å². The van der Waals surface area contributed by atoms with Gasteiger partial charge in [-0.25, -0.2) is 0 Å². The molecule has 1 aromatic carbocycles. The predicted molar refractivity (Wildman–Crippen MR) is 82.4 cm³/mol. The van der Waals surface area contributed by atoms with Crippen molar-refractivity contribution >= 4 is 37.7 Å². The van der Waals surface area contributed by atoms with E-state index in [0.717, 1.165) is 12.0 Å². The number of unbranched alkanes of at least 4 members (excludes halogenated alkanes) is 7. The number of aryl methyl sites for hydroxylation is 1. The maximum atomic E-state index is 9.61. The van der Waals surface area contributed by atoms with Gasteiger partial charge in [0, 0.05) is 0 Å². The Labute approximate surface area is 145 Å². The van der Waals surface area contributed by atoms with Crippen molar-refractivity contribution in [1.82, 2.24) is 0 Å². The van der Waals surface area contributed by atoms with Crippen LogP contribution in [0.4, 0.5) is 0 Å². The summed E-state index contributed by atoms with van der Waals surface area (Å²) in [5.41, 5.74) is 1.10. The molecule has 0 heterocycles. The second-order valence-electron chi connectivity index (χ2n) is 4.85. The fraction of sp³-hybridized carbons (Fsp3) is 0.625. The molecule has 0 aliphatic heterocycles. The molecule has 0 spiro atoms. The van der Waals surface area contributed by atoms with Crippen LogP contribution in [-0.4, -0.2) is 42.8 Å². The van der Waals surface area contributed by atoms with Crippen LogP contribution in [0, 0.1) is 0 Å². The molecule has 0 aliphatic carbocycles. The molecule has 100 valence electrons. The molecule has 1 nitrogen and oxygen atoms in total. The van der Waals surface area contributed by atoms with Crippen molar-refractivity contribution in [2.45, 2.75) is 64.7 Å². The number of benzene rings is 1. The summed E-state index contributed by atoms with van der Waals surface area (Å²) in [4.78, 5) is 0.